The van der Waals surface area contributed by atoms with E-state index in [1.165, 1.54) is 12.1 Å². The fraction of sp³-hybridized carbons (Fsp3) is 0.0714. The van der Waals surface area contributed by atoms with Crippen LogP contribution in [0.15, 0.2) is 46.9 Å². The molecule has 20 heavy (non-hydrogen) atoms. The Labute approximate surface area is 135 Å². The van der Waals surface area contributed by atoms with Gasteiger partial charge in [-0.25, -0.2) is 4.39 Å². The van der Waals surface area contributed by atoms with Crippen molar-refractivity contribution in [1.82, 2.24) is 5.32 Å². The number of hydrogen-bond donors (Lipinski definition) is 2. The van der Waals surface area contributed by atoms with E-state index in [0.717, 1.165) is 15.7 Å². The van der Waals surface area contributed by atoms with E-state index in [-0.39, 0.29) is 5.82 Å². The lowest BCUT2D eigenvalue weighted by Gasteiger charge is -2.12. The molecular weight excluding hydrogens is 363 g/mol. The first kappa shape index (κ1) is 15.2. The van der Waals surface area contributed by atoms with Gasteiger partial charge in [-0.3, -0.25) is 0 Å². The van der Waals surface area contributed by atoms with Crippen LogP contribution in [0.3, 0.4) is 0 Å². The molecule has 0 unspecified atom stereocenters. The zero-order chi connectivity index (χ0) is 14.5. The van der Waals surface area contributed by atoms with Crippen LogP contribution in [0.4, 0.5) is 10.1 Å². The molecule has 0 spiro atoms. The minimum Gasteiger partial charge on any atom is -0.358 e. The Balaban J connectivity index is 1.90. The average Bonchev–Trinajstić information content (AvgIpc) is 2.41. The summed E-state index contributed by atoms with van der Waals surface area (Å²) >= 11 is 14.6. The molecule has 0 aliphatic carbocycles. The standard InChI is InChI=1S/C14H11BrClFN2S/c15-10-3-6-13(12(16)7-10)19-14(20)18-8-9-1-4-11(17)5-2-9/h1-7H,8H2,(H2,18,19,20). The topological polar surface area (TPSA) is 24.1 Å². The van der Waals surface area contributed by atoms with Gasteiger partial charge >= 0.3 is 0 Å². The van der Waals surface area contributed by atoms with Gasteiger partial charge in [0.2, 0.25) is 0 Å². The van der Waals surface area contributed by atoms with Crippen molar-refractivity contribution in [3.05, 3.63) is 63.3 Å². The van der Waals surface area contributed by atoms with Crippen LogP contribution in [0.25, 0.3) is 0 Å². The summed E-state index contributed by atoms with van der Waals surface area (Å²) in [6.45, 7) is 0.514. The van der Waals surface area contributed by atoms with Crippen LogP contribution in [0.1, 0.15) is 5.56 Å². The molecule has 6 heteroatoms. The second-order valence-electron chi connectivity index (χ2n) is 4.06. The van der Waals surface area contributed by atoms with E-state index in [9.17, 15) is 4.39 Å². The SMILES string of the molecule is Fc1ccc(CNC(=S)Nc2ccc(Br)cc2Cl)cc1. The van der Waals surface area contributed by atoms with Crippen molar-refractivity contribution in [1.29, 1.82) is 0 Å². The average molecular weight is 374 g/mol. The van der Waals surface area contributed by atoms with Gasteiger partial charge in [-0.15, -0.1) is 0 Å². The van der Waals surface area contributed by atoms with Gasteiger partial charge in [0.15, 0.2) is 5.11 Å². The van der Waals surface area contributed by atoms with E-state index in [1.54, 1.807) is 18.2 Å². The largest absolute Gasteiger partial charge is 0.358 e. The molecule has 0 radical (unpaired) electrons. The van der Waals surface area contributed by atoms with Crippen molar-refractivity contribution >= 4 is 50.5 Å². The molecule has 0 aromatic heterocycles. The number of anilines is 1. The Kier molecular flexibility index (Phi) is 5.34. The van der Waals surface area contributed by atoms with Crippen LogP contribution in [0.2, 0.25) is 5.02 Å². The van der Waals surface area contributed by atoms with E-state index in [4.69, 9.17) is 23.8 Å². The molecule has 104 valence electrons. The van der Waals surface area contributed by atoms with Crippen molar-refractivity contribution in [2.75, 3.05) is 5.32 Å². The normalized spacial score (nSPS) is 10.2. The van der Waals surface area contributed by atoms with Gasteiger partial charge < -0.3 is 10.6 Å². The molecule has 2 rings (SSSR count). The lowest BCUT2D eigenvalue weighted by Crippen LogP contribution is -2.27. The molecule has 0 atom stereocenters. The molecular formula is C14H11BrClFN2S. The summed E-state index contributed by atoms with van der Waals surface area (Å²) in [4.78, 5) is 0. The molecule has 2 nitrogen and oxygen atoms in total. The maximum atomic E-state index is 12.8. The Morgan fingerprint density at radius 3 is 2.55 bits per heavy atom. The number of nitrogens with one attached hydrogen (secondary N) is 2. The van der Waals surface area contributed by atoms with Crippen molar-refractivity contribution in [3.8, 4) is 0 Å². The number of hydrogen-bond acceptors (Lipinski definition) is 1. The minimum absolute atomic E-state index is 0.254. The molecule has 2 aromatic rings. The molecule has 0 heterocycles. The predicted molar refractivity (Wildman–Crippen MR) is 88.6 cm³/mol. The number of benzene rings is 2. The molecule has 0 fully saturated rings. The van der Waals surface area contributed by atoms with Gasteiger partial charge in [0.25, 0.3) is 0 Å². The van der Waals surface area contributed by atoms with Crippen molar-refractivity contribution in [2.24, 2.45) is 0 Å². The van der Waals surface area contributed by atoms with Gasteiger partial charge in [-0.1, -0.05) is 39.7 Å². The second kappa shape index (κ2) is 7.02. The molecule has 2 N–H and O–H groups in total. The van der Waals surface area contributed by atoms with E-state index in [1.807, 2.05) is 12.1 Å². The highest BCUT2D eigenvalue weighted by atomic mass is 79.9. The Morgan fingerprint density at radius 1 is 1.20 bits per heavy atom. The summed E-state index contributed by atoms with van der Waals surface area (Å²) in [5.74, 6) is -0.254. The maximum Gasteiger partial charge on any atom is 0.171 e. The van der Waals surface area contributed by atoms with Crippen LogP contribution >= 0.6 is 39.7 Å². The van der Waals surface area contributed by atoms with Crippen molar-refractivity contribution < 1.29 is 4.39 Å². The third kappa shape index (κ3) is 4.44. The monoisotopic (exact) mass is 372 g/mol. The third-order valence-corrected chi connectivity index (χ3v) is 3.60. The first-order valence-corrected chi connectivity index (χ1v) is 7.37. The molecule has 0 amide bonds. The molecule has 0 aliphatic rings. The highest BCUT2D eigenvalue weighted by Gasteiger charge is 2.03. The molecule has 2 aromatic carbocycles. The first-order valence-electron chi connectivity index (χ1n) is 5.79. The summed E-state index contributed by atoms with van der Waals surface area (Å²) < 4.78 is 13.7. The quantitative estimate of drug-likeness (QED) is 0.761. The molecule has 0 saturated carbocycles. The second-order valence-corrected chi connectivity index (χ2v) is 5.79. The van der Waals surface area contributed by atoms with Crippen LogP contribution < -0.4 is 10.6 Å². The van der Waals surface area contributed by atoms with Crippen molar-refractivity contribution in [3.63, 3.8) is 0 Å². The Morgan fingerprint density at radius 2 is 1.90 bits per heavy atom. The molecule has 0 saturated heterocycles. The van der Waals surface area contributed by atoms with E-state index in [0.29, 0.717) is 16.7 Å². The van der Waals surface area contributed by atoms with Crippen LogP contribution in [-0.4, -0.2) is 5.11 Å². The van der Waals surface area contributed by atoms with Crippen LogP contribution in [-0.2, 0) is 6.54 Å². The fourth-order valence-corrected chi connectivity index (χ4v) is 2.44. The lowest BCUT2D eigenvalue weighted by atomic mass is 10.2. The van der Waals surface area contributed by atoms with Gasteiger partial charge in [0.1, 0.15) is 5.82 Å². The van der Waals surface area contributed by atoms with E-state index in [2.05, 4.69) is 26.6 Å². The minimum atomic E-state index is -0.254. The third-order valence-electron chi connectivity index (χ3n) is 2.55. The van der Waals surface area contributed by atoms with Crippen LogP contribution in [0, 0.1) is 5.82 Å². The smallest absolute Gasteiger partial charge is 0.171 e. The van der Waals surface area contributed by atoms with Gasteiger partial charge in [0, 0.05) is 11.0 Å². The summed E-state index contributed by atoms with van der Waals surface area (Å²) in [5.41, 5.74) is 1.67. The Hall–Kier alpha value is -1.17. The molecule has 0 bridgehead atoms. The van der Waals surface area contributed by atoms with Gasteiger partial charge in [-0.2, -0.15) is 0 Å². The molecule has 0 aliphatic heterocycles. The summed E-state index contributed by atoms with van der Waals surface area (Å²) in [7, 11) is 0. The maximum absolute atomic E-state index is 12.8. The number of thiocarbonyl (C=S) groups is 1. The van der Waals surface area contributed by atoms with E-state index < -0.39 is 0 Å². The zero-order valence-electron chi connectivity index (χ0n) is 10.3. The Bertz CT molecular complexity index is 619. The highest BCUT2D eigenvalue weighted by Crippen LogP contribution is 2.25. The van der Waals surface area contributed by atoms with Crippen LogP contribution in [0.5, 0.6) is 0 Å². The van der Waals surface area contributed by atoms with Gasteiger partial charge in [-0.05, 0) is 48.1 Å². The number of rotatable bonds is 3. The lowest BCUT2D eigenvalue weighted by molar-refractivity contribution is 0.627. The van der Waals surface area contributed by atoms with Crippen molar-refractivity contribution in [2.45, 2.75) is 6.54 Å². The predicted octanol–water partition coefficient (Wildman–Crippen LogP) is 4.73. The number of halogens is 3. The van der Waals surface area contributed by atoms with E-state index >= 15 is 0 Å². The highest BCUT2D eigenvalue weighted by molar-refractivity contribution is 9.10. The fourth-order valence-electron chi connectivity index (χ4n) is 1.54. The summed E-state index contributed by atoms with van der Waals surface area (Å²) in [6, 6.07) is 11.7. The summed E-state index contributed by atoms with van der Waals surface area (Å²) in [6.07, 6.45) is 0. The van der Waals surface area contributed by atoms with Gasteiger partial charge in [0.05, 0.1) is 10.7 Å². The zero-order valence-corrected chi connectivity index (χ0v) is 13.4. The summed E-state index contributed by atoms with van der Waals surface area (Å²) in [5, 5.41) is 7.08. The first-order chi connectivity index (χ1) is 9.54.